The number of aryl methyl sites for hydroxylation is 4. The molecule has 0 bridgehead atoms. The quantitative estimate of drug-likeness (QED) is 0.00808. The molecule has 0 radical (unpaired) electrons. The Balaban J connectivity index is 0.874. The number of carbonyl (C=O) groups is 8. The van der Waals surface area contributed by atoms with Crippen LogP contribution < -0.4 is 31.7 Å². The summed E-state index contributed by atoms with van der Waals surface area (Å²) >= 11 is 6.49. The van der Waals surface area contributed by atoms with E-state index in [4.69, 9.17) is 36.3 Å². The molecule has 1 aliphatic heterocycles. The number of Topliss-reactive ketones (excluding diaryl/α,β-unsaturated/α-hetero) is 2. The Morgan fingerprint density at radius 3 is 1.94 bits per heavy atom. The predicted molar refractivity (Wildman–Crippen MR) is 382 cm³/mol. The van der Waals surface area contributed by atoms with Crippen molar-refractivity contribution in [1.82, 2.24) is 15.5 Å². The van der Waals surface area contributed by atoms with Crippen LogP contribution in [0, 0.1) is 31.6 Å². The number of halogens is 1. The van der Waals surface area contributed by atoms with Gasteiger partial charge in [0.1, 0.15) is 12.4 Å². The Kier molecular flexibility index (Phi) is 28.0. The molecule has 3 atom stereocenters. The number of nitrogens with two attached hydrogens (primary N) is 1. The molecular formula is C78H89ClN7O12+. The first kappa shape index (κ1) is 74.0. The molecule has 0 aromatic heterocycles. The van der Waals surface area contributed by atoms with Crippen LogP contribution in [0.15, 0.2) is 158 Å². The Morgan fingerprint density at radius 2 is 1.33 bits per heavy atom. The Bertz CT molecular complexity index is 3900. The molecule has 6 N–H and O–H groups in total. The van der Waals surface area contributed by atoms with Crippen molar-refractivity contribution in [1.29, 1.82) is 0 Å². The average Bonchev–Trinajstić information content (AvgIpc) is 1.55. The van der Waals surface area contributed by atoms with Crippen LogP contribution >= 0.6 is 11.6 Å². The van der Waals surface area contributed by atoms with Crippen molar-refractivity contribution in [3.8, 4) is 5.75 Å². The molecular weight excluding hydrogens is 1260 g/mol. The first-order valence-corrected chi connectivity index (χ1v) is 33.8. The Labute approximate surface area is 578 Å². The van der Waals surface area contributed by atoms with Crippen molar-refractivity contribution >= 4 is 99.0 Å². The molecule has 0 aliphatic carbocycles. The van der Waals surface area contributed by atoms with Crippen LogP contribution in [0.3, 0.4) is 0 Å². The molecule has 20 heteroatoms. The molecule has 0 saturated carbocycles. The summed E-state index contributed by atoms with van der Waals surface area (Å²) in [7, 11) is 3.14. The number of fused-ring (bicyclic) bond motifs is 3. The number of alkyl halides is 1. The summed E-state index contributed by atoms with van der Waals surface area (Å²) in [5.74, 6) is -2.94. The van der Waals surface area contributed by atoms with E-state index in [0.29, 0.717) is 72.0 Å². The molecule has 98 heavy (non-hydrogen) atoms. The van der Waals surface area contributed by atoms with E-state index in [1.54, 1.807) is 107 Å². The second kappa shape index (κ2) is 37.1. The molecule has 0 fully saturated rings. The molecule has 0 saturated heterocycles. The highest BCUT2D eigenvalue weighted by molar-refractivity contribution is 6.20. The number of anilines is 2. The van der Waals surface area contributed by atoms with E-state index in [2.05, 4.69) is 69.8 Å². The van der Waals surface area contributed by atoms with Crippen molar-refractivity contribution in [2.24, 2.45) is 23.5 Å². The van der Waals surface area contributed by atoms with E-state index in [1.807, 2.05) is 50.2 Å². The molecule has 19 nitrogen and oxygen atoms in total. The van der Waals surface area contributed by atoms with E-state index >= 15 is 0 Å². The monoisotopic (exact) mass is 1350 g/mol. The summed E-state index contributed by atoms with van der Waals surface area (Å²) in [5.41, 5.74) is 14.5. The van der Waals surface area contributed by atoms with Gasteiger partial charge in [0.15, 0.2) is 17.8 Å². The number of carbonyl (C=O) groups excluding carboxylic acids is 8. The molecule has 1 heterocycles. The van der Waals surface area contributed by atoms with Gasteiger partial charge in [0.25, 0.3) is 5.91 Å². The normalized spacial score (nSPS) is 13.2. The van der Waals surface area contributed by atoms with Gasteiger partial charge >= 0.3 is 18.0 Å². The molecule has 1 aliphatic rings. The van der Waals surface area contributed by atoms with E-state index < -0.39 is 47.6 Å². The maximum atomic E-state index is 14.3. The molecule has 514 valence electrons. The predicted octanol–water partition coefficient (Wildman–Crippen LogP) is 12.9. The van der Waals surface area contributed by atoms with Crippen molar-refractivity contribution in [3.05, 3.63) is 208 Å². The van der Waals surface area contributed by atoms with Crippen molar-refractivity contribution in [3.63, 3.8) is 0 Å². The third-order valence-electron chi connectivity index (χ3n) is 17.4. The van der Waals surface area contributed by atoms with E-state index in [0.717, 1.165) is 45.9 Å². The van der Waals surface area contributed by atoms with Gasteiger partial charge in [-0.15, -0.1) is 16.2 Å². The van der Waals surface area contributed by atoms with Crippen molar-refractivity contribution in [2.45, 2.75) is 97.6 Å². The fourth-order valence-corrected chi connectivity index (χ4v) is 12.0. The van der Waals surface area contributed by atoms with Gasteiger partial charge < -0.3 is 45.5 Å². The average molecular weight is 1350 g/mol. The van der Waals surface area contributed by atoms with E-state index in [9.17, 15) is 38.4 Å². The molecule has 7 aromatic carbocycles. The van der Waals surface area contributed by atoms with Crippen LogP contribution in [-0.4, -0.2) is 129 Å². The van der Waals surface area contributed by atoms with Crippen LogP contribution in [0.2, 0.25) is 0 Å². The van der Waals surface area contributed by atoms with Gasteiger partial charge in [-0.1, -0.05) is 134 Å². The molecule has 0 spiro atoms. The third kappa shape index (κ3) is 21.6. The number of hydrogen-bond acceptors (Lipinski definition) is 12. The van der Waals surface area contributed by atoms with Crippen LogP contribution in [-0.2, 0) is 52.8 Å². The van der Waals surface area contributed by atoms with Gasteiger partial charge in [0.2, 0.25) is 17.5 Å². The lowest BCUT2D eigenvalue weighted by atomic mass is 9.86. The topological polar surface area (TPSA) is 254 Å². The number of amides is 7. The number of urea groups is 1. The zero-order chi connectivity index (χ0) is 70.1. The van der Waals surface area contributed by atoms with Crippen LogP contribution in [0.4, 0.5) is 26.7 Å². The minimum absolute atomic E-state index is 0.00733. The standard InChI is InChI=1S/C78H88ClN7O12/c1-51(2)73(84-70(88)39-41-85(42-43-97-45-44-95-5)76(92)60-32-30-59(31-33-60)74(90)58(28-21-54-17-13-52(3)14-18-54)29-22-55-19-15-53(4)16-20-55)69(87)46-61(10-9-40-81-77(80)93)75(91)82-63-34-23-57(24-35-63)50-98-78(94)83-67-47-68-72(66-12-8-7-11-65(66)67)62(48-79)49-86(68)71(89)38-27-56-25-36-64(96-6)37-26-56/h7-8,11-20,23-27,30-38,47,49,51,58,61-62,73H,9-10,21-22,28-29,39-46,48,50H2,1-6H3,(H5-,80,81,82,83,84,88,91,93,94)/p+1/b38-27+/t61-,62?,73+/m1/s1. The smallest absolute Gasteiger partial charge is 0.417 e. The minimum atomic E-state index is -0.997. The summed E-state index contributed by atoms with van der Waals surface area (Å²) in [6.45, 7) is 8.59. The largest absolute Gasteiger partial charge is 0.497 e. The summed E-state index contributed by atoms with van der Waals surface area (Å²) in [5, 5.41) is 12.7. The Morgan fingerprint density at radius 1 is 0.694 bits per heavy atom. The Hall–Kier alpha value is -9.82. The van der Waals surface area contributed by atoms with Gasteiger partial charge in [0.05, 0.1) is 50.7 Å². The SMILES string of the molecule is COCCOCCN(CCC(=O)N[C@H](C(=O)C[C@@H](CCCNC(N)=O)C(=O)Nc1ccc(COC(=O)Nc2cc3c(c4ccccc24)C(CCl)C=[N+]3C(=O)/C=C/c2ccc(OC)cc2)cc1)C(C)C)C(=O)c1ccc(C(=O)C(CCc2ccc(C)cc2)CCc2ccc(C)cc2)cc1. The van der Waals surface area contributed by atoms with Gasteiger partial charge in [0, 0.05) is 91.1 Å². The molecule has 8 rings (SSSR count). The fourth-order valence-electron chi connectivity index (χ4n) is 11.8. The van der Waals surface area contributed by atoms with Gasteiger partial charge in [-0.05, 0) is 128 Å². The molecule has 1 unspecified atom stereocenters. The fraction of sp³-hybridized carbons (Fsp3) is 0.346. The number of nitrogens with one attached hydrogen (secondary N) is 4. The van der Waals surface area contributed by atoms with Gasteiger partial charge in [-0.2, -0.15) is 0 Å². The van der Waals surface area contributed by atoms with Crippen LogP contribution in [0.1, 0.15) is 118 Å². The van der Waals surface area contributed by atoms with Crippen molar-refractivity contribution < 1.29 is 61.9 Å². The number of primary amides is 1. The highest BCUT2D eigenvalue weighted by Gasteiger charge is 2.37. The lowest BCUT2D eigenvalue weighted by Gasteiger charge is -2.26. The number of ether oxygens (including phenoxy) is 4. The molecule has 7 amide bonds. The summed E-state index contributed by atoms with van der Waals surface area (Å²) in [4.78, 5) is 111. The highest BCUT2D eigenvalue weighted by atomic mass is 35.5. The number of nitrogens with zero attached hydrogens (tertiary/aromatic N) is 2. The minimum Gasteiger partial charge on any atom is -0.497 e. The number of hydrogen-bond donors (Lipinski definition) is 5. The highest BCUT2D eigenvalue weighted by Crippen LogP contribution is 2.42. The number of benzene rings is 7. The maximum absolute atomic E-state index is 14.3. The van der Waals surface area contributed by atoms with Crippen LogP contribution in [0.25, 0.3) is 16.8 Å². The van der Waals surface area contributed by atoms with Crippen molar-refractivity contribution in [2.75, 3.05) is 70.2 Å². The number of rotatable bonds is 36. The zero-order valence-corrected chi connectivity index (χ0v) is 57.4. The first-order chi connectivity index (χ1) is 47.3. The van der Waals surface area contributed by atoms with E-state index in [1.165, 1.54) is 26.7 Å². The first-order valence-electron chi connectivity index (χ1n) is 33.2. The number of methoxy groups -OCH3 is 2. The maximum Gasteiger partial charge on any atom is 0.417 e. The number of ketones is 2. The van der Waals surface area contributed by atoms with E-state index in [-0.39, 0.29) is 87.4 Å². The van der Waals surface area contributed by atoms with Crippen LogP contribution in [0.5, 0.6) is 5.75 Å². The molecule has 7 aromatic rings. The lowest BCUT2D eigenvalue weighted by Crippen LogP contribution is -2.46. The summed E-state index contributed by atoms with van der Waals surface area (Å²) in [6, 6.07) is 44.9. The van der Waals surface area contributed by atoms with Gasteiger partial charge in [-0.3, -0.25) is 29.3 Å². The zero-order valence-electron chi connectivity index (χ0n) is 56.6. The second-order valence-corrected chi connectivity index (χ2v) is 25.2. The summed E-state index contributed by atoms with van der Waals surface area (Å²) < 4.78 is 23.4. The van der Waals surface area contributed by atoms with Gasteiger partial charge in [-0.25, -0.2) is 14.4 Å². The lowest BCUT2D eigenvalue weighted by molar-refractivity contribution is -0.353. The summed E-state index contributed by atoms with van der Waals surface area (Å²) in [6.07, 6.45) is 7.11. The second-order valence-electron chi connectivity index (χ2n) is 24.9. The third-order valence-corrected chi connectivity index (χ3v) is 17.7.